The molecular weight excluding hydrogens is 257 g/mol. The number of aryl methyl sites for hydroxylation is 1. The van der Waals surface area contributed by atoms with Crippen LogP contribution < -0.4 is 0 Å². The summed E-state index contributed by atoms with van der Waals surface area (Å²) in [5, 5.41) is 0. The number of hydrogen-bond donors (Lipinski definition) is 0. The summed E-state index contributed by atoms with van der Waals surface area (Å²) in [5.74, 6) is -0.382. The molecular formula is C15H18FN3O. The summed E-state index contributed by atoms with van der Waals surface area (Å²) in [6, 6.07) is 3.37. The smallest absolute Gasteiger partial charge is 0.268 e. The van der Waals surface area contributed by atoms with E-state index in [9.17, 15) is 9.18 Å². The number of rotatable bonds is 1. The topological polar surface area (TPSA) is 35.9 Å². The summed E-state index contributed by atoms with van der Waals surface area (Å²) in [5.41, 5.74) is 2.49. The van der Waals surface area contributed by atoms with Crippen LogP contribution in [0.1, 0.15) is 11.1 Å². The maximum atomic E-state index is 13.8. The molecule has 1 fully saturated rings. The fraction of sp³-hybridized carbons (Fsp3) is 0.467. The van der Waals surface area contributed by atoms with E-state index in [1.165, 1.54) is 6.07 Å². The van der Waals surface area contributed by atoms with Crippen LogP contribution in [0.25, 0.3) is 0 Å². The molecule has 0 spiro atoms. The molecule has 3 rings (SSSR count). The zero-order valence-electron chi connectivity index (χ0n) is 11.8. The Morgan fingerprint density at radius 1 is 1.25 bits per heavy atom. The van der Waals surface area contributed by atoms with Gasteiger partial charge in [-0.05, 0) is 31.2 Å². The van der Waals surface area contributed by atoms with Gasteiger partial charge in [-0.1, -0.05) is 6.07 Å². The second-order valence-corrected chi connectivity index (χ2v) is 5.59. The summed E-state index contributed by atoms with van der Waals surface area (Å²) >= 11 is 0. The molecule has 0 atom stereocenters. The van der Waals surface area contributed by atoms with Crippen molar-refractivity contribution in [2.24, 2.45) is 4.99 Å². The van der Waals surface area contributed by atoms with Crippen LogP contribution in [0.5, 0.6) is 0 Å². The molecule has 1 aromatic rings. The summed E-state index contributed by atoms with van der Waals surface area (Å²) in [6.07, 6.45) is 0.444. The lowest BCUT2D eigenvalue weighted by Gasteiger charge is -2.32. The van der Waals surface area contributed by atoms with E-state index < -0.39 is 0 Å². The number of likely N-dealkylation sites (N-methyl/N-ethyl adjacent to an activating group) is 1. The van der Waals surface area contributed by atoms with Gasteiger partial charge in [0.25, 0.3) is 5.91 Å². The fourth-order valence-electron chi connectivity index (χ4n) is 2.74. The van der Waals surface area contributed by atoms with Crippen molar-refractivity contribution < 1.29 is 9.18 Å². The molecule has 2 heterocycles. The van der Waals surface area contributed by atoms with E-state index in [0.29, 0.717) is 30.9 Å². The van der Waals surface area contributed by atoms with Gasteiger partial charge in [-0.3, -0.25) is 4.79 Å². The Labute approximate surface area is 117 Å². The predicted octanol–water partition coefficient (Wildman–Crippen LogP) is 1.54. The number of benzene rings is 1. The molecule has 1 aromatic carbocycles. The Balaban J connectivity index is 1.79. The Morgan fingerprint density at radius 3 is 2.65 bits per heavy atom. The van der Waals surface area contributed by atoms with E-state index in [2.05, 4.69) is 9.89 Å². The Hall–Kier alpha value is -1.75. The molecule has 4 nitrogen and oxygen atoms in total. The molecule has 0 saturated carbocycles. The maximum absolute atomic E-state index is 13.8. The number of hydrogen-bond acceptors (Lipinski definition) is 3. The highest BCUT2D eigenvalue weighted by Gasteiger charge is 2.28. The Kier molecular flexibility index (Phi) is 3.30. The van der Waals surface area contributed by atoms with Crippen LogP contribution in [0.3, 0.4) is 0 Å². The number of nitrogens with zero attached hydrogens (tertiary/aromatic N) is 3. The first kappa shape index (κ1) is 13.2. The third kappa shape index (κ3) is 2.33. The molecule has 0 aliphatic carbocycles. The zero-order valence-corrected chi connectivity index (χ0v) is 11.8. The first-order valence-corrected chi connectivity index (χ1v) is 6.89. The van der Waals surface area contributed by atoms with Crippen LogP contribution in [0.15, 0.2) is 17.1 Å². The molecule has 5 heteroatoms. The second kappa shape index (κ2) is 4.98. The third-order valence-electron chi connectivity index (χ3n) is 3.93. The van der Waals surface area contributed by atoms with Crippen LogP contribution in [0.4, 0.5) is 10.1 Å². The van der Waals surface area contributed by atoms with Gasteiger partial charge in [0.2, 0.25) is 0 Å². The largest absolute Gasteiger partial charge is 0.335 e. The van der Waals surface area contributed by atoms with Crippen LogP contribution in [-0.4, -0.2) is 54.6 Å². The summed E-state index contributed by atoms with van der Waals surface area (Å²) in [4.78, 5) is 20.7. The van der Waals surface area contributed by atoms with Crippen molar-refractivity contribution in [2.75, 3.05) is 33.2 Å². The van der Waals surface area contributed by atoms with E-state index in [4.69, 9.17) is 0 Å². The number of halogens is 1. The number of carbonyl (C=O) groups is 1. The molecule has 1 saturated heterocycles. The monoisotopic (exact) mass is 275 g/mol. The van der Waals surface area contributed by atoms with Gasteiger partial charge in [-0.15, -0.1) is 0 Å². The molecule has 106 valence electrons. The lowest BCUT2D eigenvalue weighted by atomic mass is 10.1. The van der Waals surface area contributed by atoms with Crippen LogP contribution in [0, 0.1) is 12.7 Å². The first-order valence-electron chi connectivity index (χ1n) is 6.89. The van der Waals surface area contributed by atoms with Gasteiger partial charge in [0.1, 0.15) is 17.2 Å². The molecule has 0 unspecified atom stereocenters. The molecule has 2 aliphatic rings. The number of piperazine rings is 1. The molecule has 0 N–H and O–H groups in total. The van der Waals surface area contributed by atoms with Gasteiger partial charge in [0, 0.05) is 32.6 Å². The van der Waals surface area contributed by atoms with Crippen molar-refractivity contribution in [3.8, 4) is 0 Å². The highest BCUT2D eigenvalue weighted by molar-refractivity contribution is 6.40. The van der Waals surface area contributed by atoms with Crippen molar-refractivity contribution in [1.82, 2.24) is 9.80 Å². The second-order valence-electron chi connectivity index (χ2n) is 5.59. The third-order valence-corrected chi connectivity index (χ3v) is 3.93. The average Bonchev–Trinajstić information content (AvgIpc) is 2.83. The van der Waals surface area contributed by atoms with Gasteiger partial charge in [-0.25, -0.2) is 9.38 Å². The van der Waals surface area contributed by atoms with Crippen LogP contribution in [-0.2, 0) is 11.2 Å². The highest BCUT2D eigenvalue weighted by Crippen LogP contribution is 2.31. The zero-order chi connectivity index (χ0) is 14.3. The SMILES string of the molecule is Cc1cc(F)c2c(c1)CC(C(=O)N1CCN(C)CC1)=N2. The van der Waals surface area contributed by atoms with Crippen molar-refractivity contribution in [3.05, 3.63) is 29.1 Å². The minimum atomic E-state index is -0.332. The number of carbonyl (C=O) groups excluding carboxylic acids is 1. The summed E-state index contributed by atoms with van der Waals surface area (Å²) < 4.78 is 13.8. The van der Waals surface area contributed by atoms with Gasteiger partial charge in [-0.2, -0.15) is 0 Å². The van der Waals surface area contributed by atoms with Gasteiger partial charge in [0.15, 0.2) is 0 Å². The molecule has 0 radical (unpaired) electrons. The number of aliphatic imine (C=N–C) groups is 1. The molecule has 0 aromatic heterocycles. The highest BCUT2D eigenvalue weighted by atomic mass is 19.1. The van der Waals surface area contributed by atoms with Gasteiger partial charge >= 0.3 is 0 Å². The standard InChI is InChI=1S/C15H18FN3O/c1-10-7-11-9-13(17-14(11)12(16)8-10)15(20)19-5-3-18(2)4-6-19/h7-8H,3-6,9H2,1-2H3. The minimum Gasteiger partial charge on any atom is -0.335 e. The molecule has 2 aliphatic heterocycles. The summed E-state index contributed by atoms with van der Waals surface area (Å²) in [6.45, 7) is 5.03. The predicted molar refractivity (Wildman–Crippen MR) is 76.0 cm³/mol. The average molecular weight is 275 g/mol. The van der Waals surface area contributed by atoms with Crippen molar-refractivity contribution in [1.29, 1.82) is 0 Å². The summed E-state index contributed by atoms with van der Waals surface area (Å²) in [7, 11) is 2.04. The van der Waals surface area contributed by atoms with Gasteiger partial charge in [0.05, 0.1) is 0 Å². The van der Waals surface area contributed by atoms with E-state index in [-0.39, 0.29) is 11.7 Å². The molecule has 1 amide bonds. The van der Waals surface area contributed by atoms with E-state index in [0.717, 1.165) is 24.2 Å². The molecule has 0 bridgehead atoms. The van der Waals surface area contributed by atoms with Crippen LogP contribution in [0.2, 0.25) is 0 Å². The number of amides is 1. The Morgan fingerprint density at radius 2 is 1.95 bits per heavy atom. The van der Waals surface area contributed by atoms with Crippen molar-refractivity contribution >= 4 is 17.3 Å². The number of fused-ring (bicyclic) bond motifs is 1. The fourth-order valence-corrected chi connectivity index (χ4v) is 2.74. The maximum Gasteiger partial charge on any atom is 0.268 e. The quantitative estimate of drug-likeness (QED) is 0.779. The van der Waals surface area contributed by atoms with Crippen LogP contribution >= 0.6 is 0 Å². The minimum absolute atomic E-state index is 0.0497. The van der Waals surface area contributed by atoms with Crippen molar-refractivity contribution in [3.63, 3.8) is 0 Å². The van der Waals surface area contributed by atoms with Crippen molar-refractivity contribution in [2.45, 2.75) is 13.3 Å². The Bertz CT molecular complexity index is 589. The van der Waals surface area contributed by atoms with E-state index >= 15 is 0 Å². The normalized spacial score (nSPS) is 18.9. The molecule has 20 heavy (non-hydrogen) atoms. The van der Waals surface area contributed by atoms with Gasteiger partial charge < -0.3 is 9.80 Å². The van der Waals surface area contributed by atoms with E-state index in [1.54, 1.807) is 0 Å². The first-order chi connectivity index (χ1) is 9.54. The lowest BCUT2D eigenvalue weighted by Crippen LogP contribution is -2.49. The van der Waals surface area contributed by atoms with E-state index in [1.807, 2.05) is 24.9 Å². The lowest BCUT2D eigenvalue weighted by molar-refractivity contribution is -0.125.